The fourth-order valence-corrected chi connectivity index (χ4v) is 12.5. The Hall–Kier alpha value is -0.926. The Morgan fingerprint density at radius 3 is 2.06 bits per heavy atom. The third-order valence-corrected chi connectivity index (χ3v) is 18.7. The molecule has 0 radical (unpaired) electrons. The van der Waals surface area contributed by atoms with Gasteiger partial charge in [0.2, 0.25) is 8.32 Å². The van der Waals surface area contributed by atoms with E-state index in [1.165, 1.54) is 26.2 Å². The van der Waals surface area contributed by atoms with Crippen molar-refractivity contribution in [1.29, 1.82) is 0 Å². The van der Waals surface area contributed by atoms with Gasteiger partial charge >= 0.3 is 5.97 Å². The molecule has 1 saturated carbocycles. The minimum absolute atomic E-state index is 0.0308. The molecule has 1 rings (SSSR count). The first-order chi connectivity index (χ1) is 17.1. The normalized spacial score (nSPS) is 22.1. The molecule has 1 fully saturated rings. The molecule has 4 unspecified atom stereocenters. The van der Waals surface area contributed by atoms with E-state index in [1.807, 2.05) is 0 Å². The van der Waals surface area contributed by atoms with Gasteiger partial charge in [-0.05, 0) is 54.7 Å². The molecular weight excluding hydrogens is 484 g/mol. The van der Waals surface area contributed by atoms with Gasteiger partial charge in [-0.25, -0.2) is 0 Å². The number of ketones is 1. The Bertz CT molecular complexity index is 692. The second-order valence-electron chi connectivity index (χ2n) is 10.8. The van der Waals surface area contributed by atoms with Crippen LogP contribution in [0.15, 0.2) is 11.8 Å². The van der Waals surface area contributed by atoms with E-state index in [2.05, 4.69) is 61.5 Å². The Morgan fingerprint density at radius 1 is 0.972 bits per heavy atom. The summed E-state index contributed by atoms with van der Waals surface area (Å²) in [5.74, 6) is 0.0719. The van der Waals surface area contributed by atoms with E-state index >= 15 is 0 Å². The molecule has 0 aliphatic heterocycles. The minimum Gasteiger partial charge on any atom is -0.546 e. The van der Waals surface area contributed by atoms with Crippen LogP contribution in [0.25, 0.3) is 0 Å². The van der Waals surface area contributed by atoms with Gasteiger partial charge in [0, 0.05) is 13.3 Å². The van der Waals surface area contributed by atoms with Crippen LogP contribution in [0.5, 0.6) is 0 Å². The predicted molar refractivity (Wildman–Crippen MR) is 155 cm³/mol. The van der Waals surface area contributed by atoms with Crippen molar-refractivity contribution in [2.24, 2.45) is 5.92 Å². The van der Waals surface area contributed by atoms with Crippen molar-refractivity contribution in [2.75, 3.05) is 0 Å². The molecule has 0 bridgehead atoms. The first kappa shape index (κ1) is 33.1. The molecule has 0 saturated heterocycles. The molecule has 36 heavy (non-hydrogen) atoms. The summed E-state index contributed by atoms with van der Waals surface area (Å²) in [6.45, 7) is 19.3. The molecule has 0 amide bonds. The van der Waals surface area contributed by atoms with Gasteiger partial charge in [0.25, 0.3) is 0 Å². The van der Waals surface area contributed by atoms with Crippen LogP contribution in [0.2, 0.25) is 35.8 Å². The van der Waals surface area contributed by atoms with Crippen LogP contribution in [0.4, 0.5) is 0 Å². The highest BCUT2D eigenvalue weighted by Crippen LogP contribution is 2.43. The summed E-state index contributed by atoms with van der Waals surface area (Å²) in [6.07, 6.45) is 8.10. The van der Waals surface area contributed by atoms with Gasteiger partial charge in [0.15, 0.2) is 20.2 Å². The van der Waals surface area contributed by atoms with Crippen LogP contribution in [0, 0.1) is 5.92 Å². The summed E-state index contributed by atoms with van der Waals surface area (Å²) in [5.41, 5.74) is 0.494. The standard InChI is InChI=1S/C29H56O5Si2/c1-10-17-18-19-20-21-26(33-35(12-3,13-4)14-5)28-27(22-25(31)29(28)32-24(9)30)34-36(15-6,16-7)23(8)11-2/h21,23,27-29H,10-20,22H2,1-9H3/b26-21-. The lowest BCUT2D eigenvalue weighted by atomic mass is 9.99. The highest BCUT2D eigenvalue weighted by Gasteiger charge is 2.52. The van der Waals surface area contributed by atoms with Crippen molar-refractivity contribution in [3.63, 3.8) is 0 Å². The zero-order chi connectivity index (χ0) is 27.4. The zero-order valence-corrected chi connectivity index (χ0v) is 26.9. The van der Waals surface area contributed by atoms with Crippen LogP contribution in [-0.4, -0.2) is 40.6 Å². The molecule has 4 atom stereocenters. The molecule has 0 N–H and O–H groups in total. The molecule has 1 aliphatic carbocycles. The van der Waals surface area contributed by atoms with E-state index in [4.69, 9.17) is 13.6 Å². The zero-order valence-electron chi connectivity index (χ0n) is 24.9. The second-order valence-corrected chi connectivity index (χ2v) is 20.2. The Kier molecular flexibility index (Phi) is 14.8. The highest BCUT2D eigenvalue weighted by molar-refractivity contribution is 6.75. The van der Waals surface area contributed by atoms with Crippen molar-refractivity contribution in [3.8, 4) is 0 Å². The minimum atomic E-state index is -2.10. The third-order valence-electron chi connectivity index (χ3n) is 8.83. The predicted octanol–water partition coefficient (Wildman–Crippen LogP) is 8.55. The van der Waals surface area contributed by atoms with Gasteiger partial charge in [0.1, 0.15) is 0 Å². The molecule has 210 valence electrons. The van der Waals surface area contributed by atoms with Crippen LogP contribution in [0.3, 0.4) is 0 Å². The summed E-state index contributed by atoms with van der Waals surface area (Å²) in [5, 5.41) is 0. The Morgan fingerprint density at radius 2 is 1.58 bits per heavy atom. The maximum absolute atomic E-state index is 13.3. The molecule has 0 aromatic rings. The maximum Gasteiger partial charge on any atom is 0.303 e. The third kappa shape index (κ3) is 8.55. The molecule has 5 nitrogen and oxygen atoms in total. The SMILES string of the molecule is CCCCCC/C=C(\O[Si](CC)(CC)CC)C1C(O[Si](CC)(CC)C(C)CC)CC(=O)C1OC(C)=O. The van der Waals surface area contributed by atoms with E-state index in [9.17, 15) is 9.59 Å². The Labute approximate surface area is 224 Å². The second kappa shape index (κ2) is 16.1. The van der Waals surface area contributed by atoms with E-state index in [-0.39, 0.29) is 17.8 Å². The maximum atomic E-state index is 13.3. The van der Waals surface area contributed by atoms with Gasteiger partial charge in [-0.2, -0.15) is 0 Å². The summed E-state index contributed by atoms with van der Waals surface area (Å²) in [6, 6.07) is 5.10. The highest BCUT2D eigenvalue weighted by atomic mass is 28.4. The fraction of sp³-hybridized carbons (Fsp3) is 0.862. The van der Waals surface area contributed by atoms with Crippen LogP contribution < -0.4 is 0 Å². The molecule has 0 heterocycles. The number of esters is 1. The molecular formula is C29H56O5Si2. The molecule has 7 heteroatoms. The van der Waals surface area contributed by atoms with Gasteiger partial charge in [-0.15, -0.1) is 0 Å². The number of rotatable bonds is 18. The lowest BCUT2D eigenvalue weighted by molar-refractivity contribution is -0.153. The summed E-state index contributed by atoms with van der Waals surface area (Å²) in [4.78, 5) is 25.4. The smallest absolute Gasteiger partial charge is 0.303 e. The number of allylic oxidation sites excluding steroid dienone is 1. The lowest BCUT2D eigenvalue weighted by Gasteiger charge is -2.41. The average Bonchev–Trinajstić information content (AvgIpc) is 3.17. The number of hydrogen-bond acceptors (Lipinski definition) is 5. The molecule has 0 spiro atoms. The summed E-state index contributed by atoms with van der Waals surface area (Å²) in [7, 11) is -4.11. The van der Waals surface area contributed by atoms with Gasteiger partial charge in [0.05, 0.1) is 17.8 Å². The number of carbonyl (C=O) groups excluding carboxylic acids is 2. The van der Waals surface area contributed by atoms with Crippen LogP contribution in [0.1, 0.15) is 107 Å². The number of unbranched alkanes of at least 4 members (excludes halogenated alkanes) is 4. The summed E-state index contributed by atoms with van der Waals surface area (Å²) < 4.78 is 19.9. The molecule has 0 aromatic heterocycles. The average molecular weight is 541 g/mol. The van der Waals surface area contributed by atoms with Crippen molar-refractivity contribution in [1.82, 2.24) is 0 Å². The fourth-order valence-electron chi connectivity index (χ4n) is 5.78. The van der Waals surface area contributed by atoms with Crippen LogP contribution in [-0.2, 0) is 23.2 Å². The topological polar surface area (TPSA) is 61.8 Å². The first-order valence-electron chi connectivity index (χ1n) is 14.9. The molecule has 1 aliphatic rings. The summed E-state index contributed by atoms with van der Waals surface area (Å²) >= 11 is 0. The lowest BCUT2D eigenvalue weighted by Crippen LogP contribution is -2.47. The molecule has 0 aromatic carbocycles. The van der Waals surface area contributed by atoms with E-state index in [0.717, 1.165) is 55.2 Å². The van der Waals surface area contributed by atoms with Gasteiger partial charge in [-0.1, -0.05) is 81.1 Å². The van der Waals surface area contributed by atoms with Crippen LogP contribution >= 0.6 is 0 Å². The van der Waals surface area contributed by atoms with E-state index < -0.39 is 28.7 Å². The number of ether oxygens (including phenoxy) is 1. The number of Topliss-reactive ketones (excluding diaryl/α,β-unsaturated/α-hetero) is 1. The van der Waals surface area contributed by atoms with Crippen molar-refractivity contribution < 1.29 is 23.2 Å². The Balaban J connectivity index is 3.54. The first-order valence-corrected chi connectivity index (χ1v) is 19.8. The monoisotopic (exact) mass is 540 g/mol. The van der Waals surface area contributed by atoms with Crippen molar-refractivity contribution in [3.05, 3.63) is 11.8 Å². The number of hydrogen-bond donors (Lipinski definition) is 0. The van der Waals surface area contributed by atoms with Gasteiger partial charge < -0.3 is 13.6 Å². The van der Waals surface area contributed by atoms with Crippen molar-refractivity contribution >= 4 is 28.4 Å². The number of carbonyl (C=O) groups is 2. The van der Waals surface area contributed by atoms with Gasteiger partial charge in [-0.3, -0.25) is 9.59 Å². The largest absolute Gasteiger partial charge is 0.546 e. The van der Waals surface area contributed by atoms with Crippen molar-refractivity contribution in [2.45, 2.75) is 155 Å². The van der Waals surface area contributed by atoms with E-state index in [1.54, 1.807) is 0 Å². The van der Waals surface area contributed by atoms with E-state index in [0.29, 0.717) is 12.0 Å². The quantitative estimate of drug-likeness (QED) is 0.0754.